The van der Waals surface area contributed by atoms with Crippen LogP contribution in [0.4, 0.5) is 0 Å². The SMILES string of the molecule is CC1CCN(CCCNC(=O)Cc2csc(-c3ccccc3Cl)n2)CC1. The van der Waals surface area contributed by atoms with Gasteiger partial charge in [-0.15, -0.1) is 11.3 Å². The first-order chi connectivity index (χ1) is 12.6. The second-order valence-corrected chi connectivity index (χ2v) is 8.29. The molecule has 140 valence electrons. The van der Waals surface area contributed by atoms with Gasteiger partial charge in [0.25, 0.3) is 0 Å². The summed E-state index contributed by atoms with van der Waals surface area (Å²) in [5, 5.41) is 6.49. The Bertz CT molecular complexity index is 725. The lowest BCUT2D eigenvalue weighted by atomic mass is 9.99. The summed E-state index contributed by atoms with van der Waals surface area (Å²) in [5.41, 5.74) is 1.72. The Hall–Kier alpha value is -1.43. The van der Waals surface area contributed by atoms with Crippen LogP contribution < -0.4 is 5.32 Å². The fourth-order valence-electron chi connectivity index (χ4n) is 3.19. The minimum Gasteiger partial charge on any atom is -0.356 e. The van der Waals surface area contributed by atoms with Crippen molar-refractivity contribution in [3.8, 4) is 10.6 Å². The number of nitrogens with zero attached hydrogens (tertiary/aromatic N) is 2. The van der Waals surface area contributed by atoms with Crippen molar-refractivity contribution < 1.29 is 4.79 Å². The third-order valence-electron chi connectivity index (χ3n) is 4.85. The smallest absolute Gasteiger partial charge is 0.226 e. The molecule has 26 heavy (non-hydrogen) atoms. The molecular formula is C20H26ClN3OS. The standard InChI is InChI=1S/C20H26ClN3OS/c1-15-7-11-24(12-8-15)10-4-9-22-19(25)13-16-14-26-20(23-16)17-5-2-3-6-18(17)21/h2-3,5-6,14-15H,4,7-13H2,1H3,(H,22,25). The molecule has 1 aliphatic rings. The lowest BCUT2D eigenvalue weighted by molar-refractivity contribution is -0.120. The van der Waals surface area contributed by atoms with Crippen LogP contribution in [-0.4, -0.2) is 42.0 Å². The van der Waals surface area contributed by atoms with Gasteiger partial charge in [0, 0.05) is 17.5 Å². The van der Waals surface area contributed by atoms with Crippen LogP contribution in [0.15, 0.2) is 29.6 Å². The van der Waals surface area contributed by atoms with E-state index in [9.17, 15) is 4.79 Å². The molecule has 0 saturated carbocycles. The van der Waals surface area contributed by atoms with Crippen molar-refractivity contribution >= 4 is 28.8 Å². The molecule has 0 radical (unpaired) electrons. The monoisotopic (exact) mass is 391 g/mol. The fraction of sp³-hybridized carbons (Fsp3) is 0.500. The van der Waals surface area contributed by atoms with Crippen LogP contribution in [0.25, 0.3) is 10.6 Å². The van der Waals surface area contributed by atoms with Gasteiger partial charge in [-0.2, -0.15) is 0 Å². The molecule has 6 heteroatoms. The van der Waals surface area contributed by atoms with E-state index in [0.717, 1.165) is 41.7 Å². The number of aromatic nitrogens is 1. The molecule has 2 heterocycles. The summed E-state index contributed by atoms with van der Waals surface area (Å²) >= 11 is 7.74. The largest absolute Gasteiger partial charge is 0.356 e. The van der Waals surface area contributed by atoms with Crippen molar-refractivity contribution in [2.24, 2.45) is 5.92 Å². The number of carbonyl (C=O) groups excluding carboxylic acids is 1. The van der Waals surface area contributed by atoms with Gasteiger partial charge in [-0.1, -0.05) is 36.7 Å². The normalized spacial score (nSPS) is 15.9. The summed E-state index contributed by atoms with van der Waals surface area (Å²) in [6.45, 7) is 6.51. The Morgan fingerprint density at radius 1 is 1.35 bits per heavy atom. The molecule has 1 aromatic heterocycles. The van der Waals surface area contributed by atoms with E-state index >= 15 is 0 Å². The summed E-state index contributed by atoms with van der Waals surface area (Å²) in [6.07, 6.45) is 3.91. The zero-order chi connectivity index (χ0) is 18.4. The zero-order valence-corrected chi connectivity index (χ0v) is 16.8. The first kappa shape index (κ1) is 19.3. The maximum absolute atomic E-state index is 12.1. The topological polar surface area (TPSA) is 45.2 Å². The van der Waals surface area contributed by atoms with Crippen molar-refractivity contribution in [2.75, 3.05) is 26.2 Å². The van der Waals surface area contributed by atoms with E-state index in [0.29, 0.717) is 11.4 Å². The van der Waals surface area contributed by atoms with Crippen molar-refractivity contribution in [1.29, 1.82) is 0 Å². The van der Waals surface area contributed by atoms with Gasteiger partial charge in [0.1, 0.15) is 5.01 Å². The van der Waals surface area contributed by atoms with Crippen LogP contribution in [0.2, 0.25) is 5.02 Å². The van der Waals surface area contributed by atoms with Crippen LogP contribution in [0, 0.1) is 5.92 Å². The molecule has 0 aliphatic carbocycles. The minimum absolute atomic E-state index is 0.0354. The summed E-state index contributed by atoms with van der Waals surface area (Å²) in [6, 6.07) is 7.65. The lowest BCUT2D eigenvalue weighted by Gasteiger charge is -2.30. The summed E-state index contributed by atoms with van der Waals surface area (Å²) in [4.78, 5) is 19.2. The number of nitrogens with one attached hydrogen (secondary N) is 1. The Morgan fingerprint density at radius 2 is 2.12 bits per heavy atom. The number of carbonyl (C=O) groups is 1. The highest BCUT2D eigenvalue weighted by Crippen LogP contribution is 2.30. The molecule has 0 spiro atoms. The van der Waals surface area contributed by atoms with E-state index in [-0.39, 0.29) is 5.91 Å². The Labute approximate surface area is 164 Å². The van der Waals surface area contributed by atoms with Gasteiger partial charge in [0.05, 0.1) is 17.1 Å². The van der Waals surface area contributed by atoms with E-state index in [1.165, 1.54) is 37.3 Å². The van der Waals surface area contributed by atoms with Crippen molar-refractivity contribution in [3.63, 3.8) is 0 Å². The number of thiazole rings is 1. The highest BCUT2D eigenvalue weighted by Gasteiger charge is 2.15. The first-order valence-electron chi connectivity index (χ1n) is 9.30. The molecule has 1 aromatic carbocycles. The van der Waals surface area contributed by atoms with Crippen LogP contribution in [0.5, 0.6) is 0 Å². The van der Waals surface area contributed by atoms with Crippen LogP contribution >= 0.6 is 22.9 Å². The number of halogens is 1. The van der Waals surface area contributed by atoms with Crippen molar-refractivity contribution in [3.05, 3.63) is 40.4 Å². The quantitative estimate of drug-likeness (QED) is 0.718. The number of benzene rings is 1. The molecule has 0 bridgehead atoms. The molecule has 1 saturated heterocycles. The van der Waals surface area contributed by atoms with E-state index in [4.69, 9.17) is 11.6 Å². The molecule has 0 atom stereocenters. The highest BCUT2D eigenvalue weighted by molar-refractivity contribution is 7.13. The molecule has 1 fully saturated rings. The highest BCUT2D eigenvalue weighted by atomic mass is 35.5. The molecule has 4 nitrogen and oxygen atoms in total. The molecular weight excluding hydrogens is 366 g/mol. The number of rotatable bonds is 7. The predicted octanol–water partition coefficient (Wildman–Crippen LogP) is 4.24. The molecule has 1 N–H and O–H groups in total. The van der Waals surface area contributed by atoms with Gasteiger partial charge in [0.15, 0.2) is 0 Å². The van der Waals surface area contributed by atoms with Crippen molar-refractivity contribution in [1.82, 2.24) is 15.2 Å². The van der Waals surface area contributed by atoms with Gasteiger partial charge in [-0.25, -0.2) is 4.98 Å². The molecule has 3 rings (SSSR count). The Kier molecular flexibility index (Phi) is 7.06. The van der Waals surface area contributed by atoms with Gasteiger partial charge < -0.3 is 10.2 Å². The Morgan fingerprint density at radius 3 is 2.88 bits per heavy atom. The van der Waals surface area contributed by atoms with E-state index in [1.807, 2.05) is 29.6 Å². The molecule has 0 unspecified atom stereocenters. The van der Waals surface area contributed by atoms with Gasteiger partial charge in [-0.3, -0.25) is 4.79 Å². The van der Waals surface area contributed by atoms with Gasteiger partial charge in [0.2, 0.25) is 5.91 Å². The predicted molar refractivity (Wildman–Crippen MR) is 109 cm³/mol. The average molecular weight is 392 g/mol. The van der Waals surface area contributed by atoms with Gasteiger partial charge >= 0.3 is 0 Å². The number of amides is 1. The third kappa shape index (κ3) is 5.53. The summed E-state index contributed by atoms with van der Waals surface area (Å²) in [7, 11) is 0. The van der Waals surface area contributed by atoms with Crippen LogP contribution in [-0.2, 0) is 11.2 Å². The second-order valence-electron chi connectivity index (χ2n) is 7.03. The average Bonchev–Trinajstić information content (AvgIpc) is 3.09. The Balaban J connectivity index is 1.39. The maximum atomic E-state index is 12.1. The van der Waals surface area contributed by atoms with E-state index in [1.54, 1.807) is 0 Å². The molecule has 1 amide bonds. The van der Waals surface area contributed by atoms with Gasteiger partial charge in [-0.05, 0) is 50.9 Å². The minimum atomic E-state index is 0.0354. The lowest BCUT2D eigenvalue weighted by Crippen LogP contribution is -2.35. The number of piperidine rings is 1. The third-order valence-corrected chi connectivity index (χ3v) is 6.10. The van der Waals surface area contributed by atoms with Crippen LogP contribution in [0.3, 0.4) is 0 Å². The fourth-order valence-corrected chi connectivity index (χ4v) is 4.33. The maximum Gasteiger partial charge on any atom is 0.226 e. The van der Waals surface area contributed by atoms with Crippen LogP contribution in [0.1, 0.15) is 31.9 Å². The second kappa shape index (κ2) is 9.49. The van der Waals surface area contributed by atoms with Crippen molar-refractivity contribution in [2.45, 2.75) is 32.6 Å². The number of hydrogen-bond acceptors (Lipinski definition) is 4. The summed E-state index contributed by atoms with van der Waals surface area (Å²) in [5.74, 6) is 0.896. The molecule has 1 aliphatic heterocycles. The molecule has 2 aromatic rings. The number of hydrogen-bond donors (Lipinski definition) is 1. The first-order valence-corrected chi connectivity index (χ1v) is 10.6. The number of likely N-dealkylation sites (tertiary alicyclic amines) is 1. The van der Waals surface area contributed by atoms with E-state index in [2.05, 4.69) is 22.1 Å². The zero-order valence-electron chi connectivity index (χ0n) is 15.2. The van der Waals surface area contributed by atoms with E-state index < -0.39 is 0 Å². The summed E-state index contributed by atoms with van der Waals surface area (Å²) < 4.78 is 0.